The summed E-state index contributed by atoms with van der Waals surface area (Å²) in [4.78, 5) is 8.98. The molecule has 223 valence electrons. The van der Waals surface area contributed by atoms with E-state index in [0.29, 0.717) is 5.92 Å². The average molecular weight is 866 g/mol. The second-order valence-electron chi connectivity index (χ2n) is 13.3. The van der Waals surface area contributed by atoms with Gasteiger partial charge in [0.15, 0.2) is 0 Å². The molecule has 1 radical (unpaired) electrons. The van der Waals surface area contributed by atoms with Gasteiger partial charge in [-0.3, -0.25) is 0 Å². The molecule has 0 unspecified atom stereocenters. The Morgan fingerprint density at radius 1 is 0.651 bits per heavy atom. The molecule has 0 aliphatic rings. The molecule has 0 saturated carbocycles. The van der Waals surface area contributed by atoms with Crippen molar-refractivity contribution in [3.05, 3.63) is 109 Å². The topological polar surface area (TPSA) is 38.9 Å². The number of fused-ring (bicyclic) bond motifs is 3. The zero-order valence-electron chi connectivity index (χ0n) is 26.4. The van der Waals surface area contributed by atoms with E-state index in [4.69, 9.17) is 4.42 Å². The fraction of sp³-hybridized carbons (Fsp3) is 0.243. The first kappa shape index (κ1) is 33.4. The second kappa shape index (κ2) is 13.6. The van der Waals surface area contributed by atoms with Crippen LogP contribution in [0, 0.1) is 12.1 Å². The molecule has 3 aromatic heterocycles. The molecule has 0 spiro atoms. The summed E-state index contributed by atoms with van der Waals surface area (Å²) < 4.78 is 9.07. The zero-order chi connectivity index (χ0) is 30.1. The van der Waals surface area contributed by atoms with Gasteiger partial charge < -0.3 is 0 Å². The molecule has 3 heterocycles. The largest absolute Gasteiger partial charge is 0 e. The van der Waals surface area contributed by atoms with Crippen molar-refractivity contribution < 1.29 is 24.5 Å². The Morgan fingerprint density at radius 2 is 1.33 bits per heavy atom. The van der Waals surface area contributed by atoms with Crippen molar-refractivity contribution in [2.45, 2.75) is 54.3 Å². The van der Waals surface area contributed by atoms with E-state index in [1.165, 1.54) is 19.7 Å². The van der Waals surface area contributed by atoms with Crippen LogP contribution in [-0.4, -0.2) is 36.5 Å². The summed E-state index contributed by atoms with van der Waals surface area (Å²) in [6.45, 7) is 4.40. The minimum absolute atomic E-state index is 0. The van der Waals surface area contributed by atoms with E-state index in [2.05, 4.69) is 125 Å². The van der Waals surface area contributed by atoms with Gasteiger partial charge in [0.1, 0.15) is 0 Å². The fourth-order valence-electron chi connectivity index (χ4n) is 4.89. The number of nitrogens with zero attached hydrogens (tertiary/aromatic N) is 2. The summed E-state index contributed by atoms with van der Waals surface area (Å²) >= 11 is -3.61. The van der Waals surface area contributed by atoms with Gasteiger partial charge in [-0.1, -0.05) is 0 Å². The molecule has 43 heavy (non-hydrogen) atoms. The van der Waals surface area contributed by atoms with E-state index in [1.54, 1.807) is 0 Å². The summed E-state index contributed by atoms with van der Waals surface area (Å²) in [5, 5.41) is 2.31. The van der Waals surface area contributed by atoms with Gasteiger partial charge in [0, 0.05) is 20.1 Å². The van der Waals surface area contributed by atoms with Gasteiger partial charge in [0.2, 0.25) is 0 Å². The first-order chi connectivity index (χ1) is 19.9. The van der Waals surface area contributed by atoms with Crippen molar-refractivity contribution in [2.75, 3.05) is 0 Å². The first-order valence-electron chi connectivity index (χ1n) is 14.7. The molecule has 0 fully saturated rings. The third-order valence-corrected chi connectivity index (χ3v) is 16.2. The molecule has 0 atom stereocenters. The molecule has 0 aliphatic carbocycles. The second-order valence-corrected chi connectivity index (χ2v) is 34.6. The Balaban J connectivity index is 0.000000215. The predicted molar refractivity (Wildman–Crippen MR) is 184 cm³/mol. The minimum Gasteiger partial charge on any atom is 0 e. The molecule has 3 nitrogen and oxygen atoms in total. The van der Waals surface area contributed by atoms with Gasteiger partial charge in [0.25, 0.3) is 0 Å². The quantitative estimate of drug-likeness (QED) is 0.128. The van der Waals surface area contributed by atoms with Crippen LogP contribution < -0.4 is 8.79 Å². The van der Waals surface area contributed by atoms with Crippen LogP contribution in [-0.2, 0) is 20.1 Å². The number of rotatable bonds is 5. The maximum atomic E-state index is 6.12. The van der Waals surface area contributed by atoms with Gasteiger partial charge >= 0.3 is 257 Å². The van der Waals surface area contributed by atoms with Gasteiger partial charge in [-0.05, 0) is 0 Å². The maximum absolute atomic E-state index is 6.12. The number of furan rings is 1. The first-order valence-corrected chi connectivity index (χ1v) is 29.4. The Morgan fingerprint density at radius 3 is 1.98 bits per heavy atom. The third-order valence-electron chi connectivity index (χ3n) is 7.61. The SMILES string of the molecule is CC(C)c1ccnc(-c2[c-]cc3oc4c[c]([Ge]([CH3])([CH3])[CH3])ccc4c3c2)c1.[CH3][Ge]([CH3])([CH3])[c]1ccnc(-c2[c-]cccc2)c1.[Ir]. The summed E-state index contributed by atoms with van der Waals surface area (Å²) in [5.74, 6) is 14.9. The summed E-state index contributed by atoms with van der Waals surface area (Å²) in [7, 11) is 0. The summed E-state index contributed by atoms with van der Waals surface area (Å²) in [6, 6.07) is 34.1. The van der Waals surface area contributed by atoms with Crippen LogP contribution in [0.2, 0.25) is 34.5 Å². The Bertz CT molecular complexity index is 1830. The van der Waals surface area contributed by atoms with Crippen molar-refractivity contribution in [3.8, 4) is 22.5 Å². The standard InChI is InChI=1S/C23H24GeNO.C14H16GeN.Ir/c1-15(2)16-10-11-25-21(13-16)17-6-9-22-20(12-17)19-8-7-18(24(3,4)5)14-23(19)26-22;1-15(2,3)13-9-10-16-14(11-13)12-7-5-4-6-8-12;/h7-15H,1-5H3;4-7,9-11H,1-3H3;/q2*-1;. The van der Waals surface area contributed by atoms with E-state index in [0.717, 1.165) is 39.1 Å². The molecule has 6 rings (SSSR count). The molecule has 0 saturated heterocycles. The number of hydrogen-bond donors (Lipinski definition) is 0. The van der Waals surface area contributed by atoms with Crippen molar-refractivity contribution in [2.24, 2.45) is 0 Å². The van der Waals surface area contributed by atoms with Gasteiger partial charge in [-0.25, -0.2) is 0 Å². The number of hydrogen-bond acceptors (Lipinski definition) is 3. The molecular weight excluding hydrogens is 826 g/mol. The van der Waals surface area contributed by atoms with Crippen LogP contribution >= 0.6 is 0 Å². The molecule has 0 N–H and O–H groups in total. The van der Waals surface area contributed by atoms with Crippen molar-refractivity contribution in [1.29, 1.82) is 0 Å². The van der Waals surface area contributed by atoms with E-state index in [9.17, 15) is 0 Å². The van der Waals surface area contributed by atoms with Crippen LogP contribution in [0.1, 0.15) is 25.3 Å². The van der Waals surface area contributed by atoms with Crippen LogP contribution in [0.25, 0.3) is 44.5 Å². The van der Waals surface area contributed by atoms with E-state index in [-0.39, 0.29) is 20.1 Å². The van der Waals surface area contributed by atoms with Crippen molar-refractivity contribution in [1.82, 2.24) is 9.97 Å². The van der Waals surface area contributed by atoms with Gasteiger partial charge in [-0.2, -0.15) is 0 Å². The molecule has 0 amide bonds. The molecule has 0 bridgehead atoms. The minimum atomic E-state index is -1.87. The van der Waals surface area contributed by atoms with Crippen LogP contribution in [0.3, 0.4) is 0 Å². The maximum Gasteiger partial charge on any atom is 0 e. The monoisotopic (exact) mass is 869 g/mol. The van der Waals surface area contributed by atoms with Gasteiger partial charge in [0.05, 0.1) is 0 Å². The molecular formula is C37H40Ge2IrN2O-2. The summed E-state index contributed by atoms with van der Waals surface area (Å²) in [6.07, 6.45) is 3.81. The fourth-order valence-corrected chi connectivity index (χ4v) is 9.69. The average Bonchev–Trinajstić information content (AvgIpc) is 3.34. The van der Waals surface area contributed by atoms with Crippen molar-refractivity contribution >= 4 is 57.3 Å². The normalized spacial score (nSPS) is 11.7. The molecule has 0 aliphatic heterocycles. The third kappa shape index (κ3) is 7.96. The predicted octanol–water partition coefficient (Wildman–Crippen LogP) is 9.21. The van der Waals surface area contributed by atoms with Gasteiger partial charge in [-0.15, -0.1) is 0 Å². The Labute approximate surface area is 275 Å². The zero-order valence-corrected chi connectivity index (χ0v) is 33.0. The van der Waals surface area contributed by atoms with E-state index < -0.39 is 26.5 Å². The van der Waals surface area contributed by atoms with Crippen LogP contribution in [0.4, 0.5) is 0 Å². The summed E-state index contributed by atoms with van der Waals surface area (Å²) in [5.41, 5.74) is 7.26. The van der Waals surface area contributed by atoms with Crippen molar-refractivity contribution in [3.63, 3.8) is 0 Å². The Kier molecular flexibility index (Phi) is 10.6. The van der Waals surface area contributed by atoms with Crippen LogP contribution in [0.15, 0.2) is 95.7 Å². The molecule has 6 aromatic rings. The number of aromatic nitrogens is 2. The smallest absolute Gasteiger partial charge is 0 e. The van der Waals surface area contributed by atoms with E-state index in [1.807, 2.05) is 36.7 Å². The number of benzene rings is 3. The van der Waals surface area contributed by atoms with Crippen LogP contribution in [0.5, 0.6) is 0 Å². The number of pyridine rings is 2. The van der Waals surface area contributed by atoms with E-state index >= 15 is 0 Å². The molecule has 3 aromatic carbocycles. The Hall–Kier alpha value is -2.50. The molecule has 6 heteroatoms.